The van der Waals surface area contributed by atoms with Gasteiger partial charge in [0.15, 0.2) is 0 Å². The summed E-state index contributed by atoms with van der Waals surface area (Å²) >= 11 is 3.40. The van der Waals surface area contributed by atoms with Crippen molar-refractivity contribution in [3.63, 3.8) is 0 Å². The number of nitrogens with one attached hydrogen (secondary N) is 1. The van der Waals surface area contributed by atoms with Gasteiger partial charge in [0.25, 0.3) is 5.56 Å². The summed E-state index contributed by atoms with van der Waals surface area (Å²) in [5, 5.41) is 1.08. The van der Waals surface area contributed by atoms with Gasteiger partial charge in [-0.15, -0.1) is 0 Å². The van der Waals surface area contributed by atoms with Gasteiger partial charge in [0.2, 0.25) is 0 Å². The van der Waals surface area contributed by atoms with Crippen LogP contribution in [0.15, 0.2) is 23.1 Å². The van der Waals surface area contributed by atoms with Gasteiger partial charge in [-0.1, -0.05) is 34.8 Å². The highest BCUT2D eigenvalue weighted by atomic mass is 79.9. The van der Waals surface area contributed by atoms with Crippen molar-refractivity contribution in [2.75, 3.05) is 5.33 Å². The Morgan fingerprint density at radius 3 is 2.71 bits per heavy atom. The number of hydrogen-bond donors (Lipinski definition) is 1. The van der Waals surface area contributed by atoms with Crippen LogP contribution >= 0.6 is 15.9 Å². The Bertz CT molecular complexity index is 308. The van der Waals surface area contributed by atoms with Crippen molar-refractivity contribution < 1.29 is 0 Å². The molecule has 0 spiro atoms. The number of aryl methyl sites for hydroxylation is 1. The van der Waals surface area contributed by atoms with Crippen LogP contribution in [-0.4, -0.2) is 10.3 Å². The first kappa shape index (κ1) is 11.5. The van der Waals surface area contributed by atoms with Crippen molar-refractivity contribution in [3.05, 3.63) is 34.2 Å². The summed E-state index contributed by atoms with van der Waals surface area (Å²) in [7, 11) is 0. The second kappa shape index (κ2) is 6.82. The quantitative estimate of drug-likeness (QED) is 0.617. The van der Waals surface area contributed by atoms with Crippen LogP contribution in [0.1, 0.15) is 31.2 Å². The number of aromatic amines is 1. The summed E-state index contributed by atoms with van der Waals surface area (Å²) in [5.41, 5.74) is 0.972. The normalized spacial score (nSPS) is 10.4. The van der Waals surface area contributed by atoms with E-state index in [1.54, 1.807) is 6.20 Å². The molecular formula is C11H16BrNO. The highest BCUT2D eigenvalue weighted by Crippen LogP contribution is 2.05. The van der Waals surface area contributed by atoms with Crippen molar-refractivity contribution in [2.45, 2.75) is 32.1 Å². The Hall–Kier alpha value is -0.570. The zero-order chi connectivity index (χ0) is 10.2. The minimum absolute atomic E-state index is 0.0630. The highest BCUT2D eigenvalue weighted by Gasteiger charge is 1.97. The number of hydrogen-bond acceptors (Lipinski definition) is 1. The number of pyridine rings is 1. The first-order chi connectivity index (χ1) is 6.84. The molecule has 2 nitrogen and oxygen atoms in total. The first-order valence-electron chi connectivity index (χ1n) is 5.07. The number of halogens is 1. The van der Waals surface area contributed by atoms with E-state index in [1.807, 2.05) is 12.1 Å². The predicted octanol–water partition coefficient (Wildman–Crippen LogP) is 2.87. The predicted molar refractivity (Wildman–Crippen MR) is 63.0 cm³/mol. The Labute approximate surface area is 92.9 Å². The molecule has 0 aliphatic rings. The summed E-state index contributed by atoms with van der Waals surface area (Å²) < 4.78 is 0. The molecule has 1 N–H and O–H groups in total. The molecule has 0 bridgehead atoms. The van der Waals surface area contributed by atoms with Gasteiger partial charge < -0.3 is 4.98 Å². The average molecular weight is 258 g/mol. The van der Waals surface area contributed by atoms with Crippen LogP contribution in [0.2, 0.25) is 0 Å². The van der Waals surface area contributed by atoms with Crippen molar-refractivity contribution >= 4 is 15.9 Å². The second-order valence-electron chi connectivity index (χ2n) is 3.38. The Balaban J connectivity index is 2.25. The molecule has 0 fully saturated rings. The lowest BCUT2D eigenvalue weighted by atomic mass is 10.1. The SMILES string of the molecule is O=c1[nH]cccc1CCCCCCBr. The number of aromatic nitrogens is 1. The summed E-state index contributed by atoms with van der Waals surface area (Å²) in [6, 6.07) is 3.79. The lowest BCUT2D eigenvalue weighted by Crippen LogP contribution is -2.10. The summed E-state index contributed by atoms with van der Waals surface area (Å²) in [5.74, 6) is 0. The topological polar surface area (TPSA) is 32.9 Å². The van der Waals surface area contributed by atoms with Crippen LogP contribution in [0, 0.1) is 0 Å². The smallest absolute Gasteiger partial charge is 0.251 e. The average Bonchev–Trinajstić information content (AvgIpc) is 2.20. The summed E-state index contributed by atoms with van der Waals surface area (Å²) in [4.78, 5) is 14.0. The second-order valence-corrected chi connectivity index (χ2v) is 4.17. The third-order valence-corrected chi connectivity index (χ3v) is 2.79. The minimum atomic E-state index is 0.0630. The van der Waals surface area contributed by atoms with Gasteiger partial charge in [0, 0.05) is 17.1 Å². The van der Waals surface area contributed by atoms with Crippen LogP contribution in [0.3, 0.4) is 0 Å². The lowest BCUT2D eigenvalue weighted by Gasteiger charge is -1.99. The number of H-pyrrole nitrogens is 1. The largest absolute Gasteiger partial charge is 0.329 e. The van der Waals surface area contributed by atoms with Crippen molar-refractivity contribution in [1.29, 1.82) is 0 Å². The zero-order valence-electron chi connectivity index (χ0n) is 8.26. The summed E-state index contributed by atoms with van der Waals surface area (Å²) in [6.45, 7) is 0. The van der Waals surface area contributed by atoms with Gasteiger partial charge in [-0.05, 0) is 25.3 Å². The van der Waals surface area contributed by atoms with Gasteiger partial charge in [0.1, 0.15) is 0 Å². The van der Waals surface area contributed by atoms with Crippen molar-refractivity contribution in [1.82, 2.24) is 4.98 Å². The first-order valence-corrected chi connectivity index (χ1v) is 6.19. The molecule has 0 saturated carbocycles. The standard InChI is InChI=1S/C11H16BrNO/c12-8-4-2-1-3-6-10-7-5-9-13-11(10)14/h5,7,9H,1-4,6,8H2,(H,13,14). The molecule has 1 rings (SSSR count). The molecule has 1 heterocycles. The fraction of sp³-hybridized carbons (Fsp3) is 0.545. The van der Waals surface area contributed by atoms with Crippen molar-refractivity contribution in [2.24, 2.45) is 0 Å². The van der Waals surface area contributed by atoms with Gasteiger partial charge in [-0.3, -0.25) is 4.79 Å². The third-order valence-electron chi connectivity index (χ3n) is 2.23. The number of alkyl halides is 1. The van der Waals surface area contributed by atoms with Crippen LogP contribution in [0.4, 0.5) is 0 Å². The van der Waals surface area contributed by atoms with Crippen LogP contribution in [-0.2, 0) is 6.42 Å². The van der Waals surface area contributed by atoms with Gasteiger partial charge in [0.05, 0.1) is 0 Å². The molecule has 0 radical (unpaired) electrons. The molecule has 14 heavy (non-hydrogen) atoms. The lowest BCUT2D eigenvalue weighted by molar-refractivity contribution is 0.669. The molecular weight excluding hydrogens is 242 g/mol. The molecule has 0 aliphatic carbocycles. The van der Waals surface area contributed by atoms with Gasteiger partial charge >= 0.3 is 0 Å². The fourth-order valence-electron chi connectivity index (χ4n) is 1.42. The van der Waals surface area contributed by atoms with E-state index in [0.29, 0.717) is 0 Å². The van der Waals surface area contributed by atoms with E-state index in [4.69, 9.17) is 0 Å². The monoisotopic (exact) mass is 257 g/mol. The zero-order valence-corrected chi connectivity index (χ0v) is 9.85. The fourth-order valence-corrected chi connectivity index (χ4v) is 1.81. The maximum absolute atomic E-state index is 11.3. The maximum atomic E-state index is 11.3. The maximum Gasteiger partial charge on any atom is 0.251 e. The molecule has 0 aromatic carbocycles. The highest BCUT2D eigenvalue weighted by molar-refractivity contribution is 9.09. The summed E-state index contributed by atoms with van der Waals surface area (Å²) in [6.07, 6.45) is 7.37. The molecule has 3 heteroatoms. The van der Waals surface area contributed by atoms with E-state index in [2.05, 4.69) is 20.9 Å². The minimum Gasteiger partial charge on any atom is -0.329 e. The molecule has 78 valence electrons. The van der Waals surface area contributed by atoms with E-state index < -0.39 is 0 Å². The van der Waals surface area contributed by atoms with Crippen LogP contribution < -0.4 is 5.56 Å². The van der Waals surface area contributed by atoms with E-state index >= 15 is 0 Å². The van der Waals surface area contributed by atoms with Crippen LogP contribution in [0.25, 0.3) is 0 Å². The van der Waals surface area contributed by atoms with Gasteiger partial charge in [-0.25, -0.2) is 0 Å². The molecule has 1 aromatic heterocycles. The van der Waals surface area contributed by atoms with E-state index in [0.717, 1.165) is 23.7 Å². The Kier molecular flexibility index (Phi) is 5.60. The molecule has 0 unspecified atom stereocenters. The third kappa shape index (κ3) is 4.09. The number of rotatable bonds is 6. The molecule has 0 amide bonds. The Morgan fingerprint density at radius 2 is 2.00 bits per heavy atom. The van der Waals surface area contributed by atoms with Crippen LogP contribution in [0.5, 0.6) is 0 Å². The van der Waals surface area contributed by atoms with E-state index in [9.17, 15) is 4.79 Å². The number of unbranched alkanes of at least 4 members (excludes halogenated alkanes) is 3. The molecule has 0 aliphatic heterocycles. The van der Waals surface area contributed by atoms with Crippen molar-refractivity contribution in [3.8, 4) is 0 Å². The van der Waals surface area contributed by atoms with Gasteiger partial charge in [-0.2, -0.15) is 0 Å². The van der Waals surface area contributed by atoms with E-state index in [-0.39, 0.29) is 5.56 Å². The molecule has 0 atom stereocenters. The Morgan fingerprint density at radius 1 is 1.21 bits per heavy atom. The molecule has 1 aromatic rings. The van der Waals surface area contributed by atoms with E-state index in [1.165, 1.54) is 19.3 Å². The molecule has 0 saturated heterocycles.